The van der Waals surface area contributed by atoms with Crippen molar-refractivity contribution < 1.29 is 23.4 Å². The van der Waals surface area contributed by atoms with Gasteiger partial charge in [0.25, 0.3) is 0 Å². The first-order valence-electron chi connectivity index (χ1n) is 5.61. The molecule has 1 N–H and O–H groups in total. The lowest BCUT2D eigenvalue weighted by molar-refractivity contribution is -0.131. The fraction of sp³-hybridized carbons (Fsp3) is 0.0714. The van der Waals surface area contributed by atoms with Gasteiger partial charge in [-0.15, -0.1) is 11.3 Å². The van der Waals surface area contributed by atoms with E-state index in [1.165, 1.54) is 23.5 Å². The Labute approximate surface area is 117 Å². The van der Waals surface area contributed by atoms with E-state index in [1.807, 2.05) is 0 Å². The van der Waals surface area contributed by atoms with Crippen molar-refractivity contribution in [3.8, 4) is 5.75 Å². The molecule has 1 aromatic heterocycles. The van der Waals surface area contributed by atoms with Crippen LogP contribution in [0.2, 0.25) is 0 Å². The molecule has 0 bridgehead atoms. The van der Waals surface area contributed by atoms with E-state index in [-0.39, 0.29) is 12.4 Å². The van der Waals surface area contributed by atoms with Gasteiger partial charge < -0.3 is 9.84 Å². The van der Waals surface area contributed by atoms with Crippen molar-refractivity contribution in [1.82, 2.24) is 0 Å². The fourth-order valence-electron chi connectivity index (χ4n) is 1.47. The predicted molar refractivity (Wildman–Crippen MR) is 71.7 cm³/mol. The van der Waals surface area contributed by atoms with Crippen molar-refractivity contribution in [2.24, 2.45) is 0 Å². The van der Waals surface area contributed by atoms with Crippen LogP contribution in [0, 0.1) is 11.6 Å². The summed E-state index contributed by atoms with van der Waals surface area (Å²) in [7, 11) is 0. The molecule has 0 radical (unpaired) electrons. The van der Waals surface area contributed by atoms with Crippen LogP contribution < -0.4 is 4.74 Å². The van der Waals surface area contributed by atoms with Crippen molar-refractivity contribution in [1.29, 1.82) is 0 Å². The van der Waals surface area contributed by atoms with Crippen LogP contribution in [0.3, 0.4) is 0 Å². The van der Waals surface area contributed by atoms with Gasteiger partial charge in [-0.1, -0.05) is 0 Å². The third-order valence-electron chi connectivity index (χ3n) is 2.36. The van der Waals surface area contributed by atoms with Crippen molar-refractivity contribution in [3.05, 3.63) is 57.8 Å². The lowest BCUT2D eigenvalue weighted by atomic mass is 10.3. The van der Waals surface area contributed by atoms with Gasteiger partial charge in [-0.3, -0.25) is 0 Å². The van der Waals surface area contributed by atoms with Gasteiger partial charge >= 0.3 is 5.97 Å². The summed E-state index contributed by atoms with van der Waals surface area (Å²) in [5.41, 5.74) is 0.732. The molecule has 2 aromatic rings. The highest BCUT2D eigenvalue weighted by atomic mass is 32.1. The molecule has 20 heavy (non-hydrogen) atoms. The second kappa shape index (κ2) is 6.29. The first-order chi connectivity index (χ1) is 9.54. The molecule has 0 saturated heterocycles. The Hall–Kier alpha value is -2.21. The third kappa shape index (κ3) is 3.89. The van der Waals surface area contributed by atoms with Crippen LogP contribution in [0.15, 0.2) is 35.7 Å². The monoisotopic (exact) mass is 296 g/mol. The Morgan fingerprint density at radius 3 is 2.85 bits per heavy atom. The minimum atomic E-state index is -1.03. The number of halogens is 2. The average Bonchev–Trinajstić information content (AvgIpc) is 2.83. The number of rotatable bonds is 5. The zero-order valence-corrected chi connectivity index (χ0v) is 11.0. The maximum absolute atomic E-state index is 13.3. The molecular weight excluding hydrogens is 286 g/mol. The first kappa shape index (κ1) is 14.2. The normalized spacial score (nSPS) is 10.9. The van der Waals surface area contributed by atoms with Gasteiger partial charge in [0.1, 0.15) is 12.4 Å². The van der Waals surface area contributed by atoms with E-state index in [4.69, 9.17) is 9.84 Å². The van der Waals surface area contributed by atoms with E-state index >= 15 is 0 Å². The Bertz CT molecular complexity index is 650. The number of hydrogen-bond donors (Lipinski definition) is 1. The molecule has 0 spiro atoms. The van der Waals surface area contributed by atoms with Gasteiger partial charge in [0.05, 0.1) is 0 Å². The molecule has 3 nitrogen and oxygen atoms in total. The molecule has 0 unspecified atom stereocenters. The van der Waals surface area contributed by atoms with E-state index in [2.05, 4.69) is 0 Å². The molecule has 104 valence electrons. The molecule has 1 aromatic carbocycles. The first-order valence-corrected chi connectivity index (χ1v) is 6.49. The summed E-state index contributed by atoms with van der Waals surface area (Å²) in [5.74, 6) is -2.47. The quantitative estimate of drug-likeness (QED) is 0.856. The van der Waals surface area contributed by atoms with Crippen molar-refractivity contribution in [2.75, 3.05) is 0 Å². The molecule has 0 fully saturated rings. The summed E-state index contributed by atoms with van der Waals surface area (Å²) in [6.07, 6.45) is 2.49. The Morgan fingerprint density at radius 2 is 2.15 bits per heavy atom. The number of benzene rings is 1. The van der Waals surface area contributed by atoms with Gasteiger partial charge in [-0.05, 0) is 35.2 Å². The number of aliphatic carboxylic acids is 1. The zero-order chi connectivity index (χ0) is 14.5. The largest absolute Gasteiger partial charge is 0.485 e. The number of hydrogen-bond acceptors (Lipinski definition) is 3. The number of carboxylic acids is 1. The van der Waals surface area contributed by atoms with Crippen LogP contribution in [-0.2, 0) is 11.4 Å². The van der Waals surface area contributed by atoms with E-state index in [0.29, 0.717) is 0 Å². The molecule has 0 aliphatic rings. The summed E-state index contributed by atoms with van der Waals surface area (Å²) in [6.45, 7) is 0.133. The summed E-state index contributed by atoms with van der Waals surface area (Å²) in [6, 6.07) is 4.84. The highest BCUT2D eigenvalue weighted by Crippen LogP contribution is 2.22. The van der Waals surface area contributed by atoms with Gasteiger partial charge in [-0.2, -0.15) is 0 Å². The van der Waals surface area contributed by atoms with Crippen LogP contribution >= 0.6 is 11.3 Å². The van der Waals surface area contributed by atoms with Crippen LogP contribution in [0.4, 0.5) is 8.78 Å². The molecule has 2 rings (SSSR count). The highest BCUT2D eigenvalue weighted by molar-refractivity contribution is 7.10. The minimum Gasteiger partial charge on any atom is -0.485 e. The Morgan fingerprint density at radius 1 is 1.35 bits per heavy atom. The summed E-state index contributed by atoms with van der Waals surface area (Å²) in [4.78, 5) is 11.2. The van der Waals surface area contributed by atoms with Gasteiger partial charge in [-0.25, -0.2) is 13.6 Å². The molecule has 0 aliphatic heterocycles. The lowest BCUT2D eigenvalue weighted by Gasteiger charge is -2.05. The molecule has 0 amide bonds. The number of thiophene rings is 1. The fourth-order valence-corrected chi connectivity index (χ4v) is 2.23. The van der Waals surface area contributed by atoms with E-state index in [9.17, 15) is 13.6 Å². The Kier molecular flexibility index (Phi) is 4.47. The van der Waals surface area contributed by atoms with E-state index in [0.717, 1.165) is 28.6 Å². The summed E-state index contributed by atoms with van der Waals surface area (Å²) >= 11 is 1.36. The topological polar surface area (TPSA) is 46.5 Å². The van der Waals surface area contributed by atoms with E-state index < -0.39 is 17.6 Å². The van der Waals surface area contributed by atoms with Crippen LogP contribution in [0.5, 0.6) is 5.75 Å². The number of ether oxygens (including phenoxy) is 1. The van der Waals surface area contributed by atoms with Gasteiger partial charge in [0.2, 0.25) is 0 Å². The van der Waals surface area contributed by atoms with Crippen LogP contribution in [0.1, 0.15) is 10.4 Å². The zero-order valence-electron chi connectivity index (χ0n) is 10.2. The second-order valence-corrected chi connectivity index (χ2v) is 4.88. The maximum atomic E-state index is 13.3. The predicted octanol–water partition coefficient (Wildman–Crippen LogP) is 3.70. The SMILES string of the molecule is O=C(O)C=Cc1csc(COc2ccc(F)cc2F)c1. The average molecular weight is 296 g/mol. The third-order valence-corrected chi connectivity index (χ3v) is 3.28. The second-order valence-electron chi connectivity index (χ2n) is 3.88. The summed E-state index contributed by atoms with van der Waals surface area (Å²) < 4.78 is 31.3. The lowest BCUT2D eigenvalue weighted by Crippen LogP contribution is -1.95. The molecular formula is C14H10F2O3S. The molecule has 0 atom stereocenters. The number of carboxylic acid groups (broad SMARTS) is 1. The molecule has 0 saturated carbocycles. The van der Waals surface area contributed by atoms with Gasteiger partial charge in [0, 0.05) is 17.0 Å². The smallest absolute Gasteiger partial charge is 0.328 e. The molecule has 0 aliphatic carbocycles. The molecule has 1 heterocycles. The summed E-state index contributed by atoms with van der Waals surface area (Å²) in [5, 5.41) is 10.3. The Balaban J connectivity index is 1.99. The highest BCUT2D eigenvalue weighted by Gasteiger charge is 2.06. The minimum absolute atomic E-state index is 0.0255. The maximum Gasteiger partial charge on any atom is 0.328 e. The van der Waals surface area contributed by atoms with E-state index in [1.54, 1.807) is 11.4 Å². The number of carbonyl (C=O) groups is 1. The van der Waals surface area contributed by atoms with Gasteiger partial charge in [0.15, 0.2) is 11.6 Å². The van der Waals surface area contributed by atoms with Crippen LogP contribution in [0.25, 0.3) is 6.08 Å². The van der Waals surface area contributed by atoms with Crippen LogP contribution in [-0.4, -0.2) is 11.1 Å². The van der Waals surface area contributed by atoms with Crippen molar-refractivity contribution in [2.45, 2.75) is 6.61 Å². The standard InChI is InChI=1S/C14H10F2O3S/c15-10-2-3-13(12(16)6-10)19-7-11-5-9(8-20-11)1-4-14(17)18/h1-6,8H,7H2,(H,17,18). The van der Waals surface area contributed by atoms with Crippen molar-refractivity contribution in [3.63, 3.8) is 0 Å². The van der Waals surface area contributed by atoms with Crippen molar-refractivity contribution >= 4 is 23.4 Å². The molecule has 6 heteroatoms.